The third kappa shape index (κ3) is 4.65. The van der Waals surface area contributed by atoms with Crippen molar-refractivity contribution < 1.29 is 9.47 Å². The third-order valence-corrected chi connectivity index (χ3v) is 3.53. The van der Waals surface area contributed by atoms with Gasteiger partial charge in [0.25, 0.3) is 0 Å². The Balaban J connectivity index is 2.16. The summed E-state index contributed by atoms with van der Waals surface area (Å²) in [5, 5.41) is 12.4. The van der Waals surface area contributed by atoms with Gasteiger partial charge in [0.1, 0.15) is 17.6 Å². The molecule has 0 fully saturated rings. The van der Waals surface area contributed by atoms with Crippen molar-refractivity contribution in [2.75, 3.05) is 7.11 Å². The van der Waals surface area contributed by atoms with Gasteiger partial charge in [-0.05, 0) is 43.0 Å². The van der Waals surface area contributed by atoms with Crippen LogP contribution in [0.5, 0.6) is 11.5 Å². The van der Waals surface area contributed by atoms with Gasteiger partial charge in [-0.25, -0.2) is 0 Å². The molecule has 0 saturated heterocycles. The average Bonchev–Trinajstić information content (AvgIpc) is 2.59. The van der Waals surface area contributed by atoms with Crippen LogP contribution < -0.4 is 14.8 Å². The monoisotopic (exact) mass is 310 g/mol. The molecule has 0 atom stereocenters. The molecule has 120 valence electrons. The van der Waals surface area contributed by atoms with Gasteiger partial charge in [-0.15, -0.1) is 0 Å². The zero-order valence-corrected chi connectivity index (χ0v) is 13.8. The van der Waals surface area contributed by atoms with Gasteiger partial charge >= 0.3 is 0 Å². The van der Waals surface area contributed by atoms with Crippen molar-refractivity contribution in [3.63, 3.8) is 0 Å². The van der Waals surface area contributed by atoms with E-state index in [0.29, 0.717) is 5.75 Å². The average molecular weight is 310 g/mol. The van der Waals surface area contributed by atoms with Crippen LogP contribution in [0.3, 0.4) is 0 Å². The van der Waals surface area contributed by atoms with E-state index in [1.807, 2.05) is 24.3 Å². The first-order chi connectivity index (χ1) is 11.1. The number of nitrogens with one attached hydrogen (secondary N) is 1. The van der Waals surface area contributed by atoms with Crippen LogP contribution in [0.25, 0.3) is 0 Å². The fourth-order valence-corrected chi connectivity index (χ4v) is 2.27. The van der Waals surface area contributed by atoms with Crippen molar-refractivity contribution in [2.45, 2.75) is 32.6 Å². The quantitative estimate of drug-likeness (QED) is 0.625. The fourth-order valence-electron chi connectivity index (χ4n) is 2.27. The lowest BCUT2D eigenvalue weighted by molar-refractivity contribution is 0.407. The van der Waals surface area contributed by atoms with Crippen LogP contribution in [0.2, 0.25) is 0 Å². The molecule has 0 aromatic heterocycles. The summed E-state index contributed by atoms with van der Waals surface area (Å²) in [6, 6.07) is 7.68. The second-order valence-corrected chi connectivity index (χ2v) is 5.56. The summed E-state index contributed by atoms with van der Waals surface area (Å²) in [4.78, 5) is 0. The summed E-state index contributed by atoms with van der Waals surface area (Å²) >= 11 is 0. The van der Waals surface area contributed by atoms with Gasteiger partial charge in [0, 0.05) is 11.3 Å². The van der Waals surface area contributed by atoms with Gasteiger partial charge in [0.2, 0.25) is 5.76 Å². The molecule has 0 spiro atoms. The minimum atomic E-state index is 0.219. The van der Waals surface area contributed by atoms with Crippen LogP contribution in [0.4, 0.5) is 0 Å². The lowest BCUT2D eigenvalue weighted by Crippen LogP contribution is -2.08. The maximum absolute atomic E-state index is 9.30. The molecule has 0 amide bonds. The van der Waals surface area contributed by atoms with Crippen molar-refractivity contribution >= 4 is 0 Å². The van der Waals surface area contributed by atoms with Crippen LogP contribution in [0.15, 0.2) is 54.1 Å². The molecule has 23 heavy (non-hydrogen) atoms. The summed E-state index contributed by atoms with van der Waals surface area (Å²) in [6.45, 7) is 4.15. The van der Waals surface area contributed by atoms with Crippen molar-refractivity contribution in [3.05, 3.63) is 59.6 Å². The van der Waals surface area contributed by atoms with Gasteiger partial charge in [-0.3, -0.25) is 0 Å². The van der Waals surface area contributed by atoms with E-state index in [-0.39, 0.29) is 11.7 Å². The number of nitrogens with zero attached hydrogens (tertiary/aromatic N) is 1. The van der Waals surface area contributed by atoms with Crippen molar-refractivity contribution in [1.82, 2.24) is 5.32 Å². The zero-order valence-electron chi connectivity index (χ0n) is 13.8. The van der Waals surface area contributed by atoms with Gasteiger partial charge in [-0.1, -0.05) is 26.0 Å². The van der Waals surface area contributed by atoms with E-state index < -0.39 is 0 Å². The number of rotatable bonds is 6. The van der Waals surface area contributed by atoms with E-state index in [1.165, 1.54) is 0 Å². The standard InChI is InChI=1S/C19H22N2O2/c1-14(2)18-11-16(22-3)9-10-19(18)23-17(12-20)13-21-15-7-5-4-6-8-15/h5,7-11,13-14,21H,4,6H2,1-3H3/b17-13+. The number of nitriles is 1. The van der Waals surface area contributed by atoms with E-state index in [4.69, 9.17) is 9.47 Å². The summed E-state index contributed by atoms with van der Waals surface area (Å²) in [6.07, 6.45) is 9.85. The topological polar surface area (TPSA) is 54.3 Å². The maximum atomic E-state index is 9.30. The SMILES string of the molecule is COc1ccc(O/C(C#N)=C/NC2=CCCC=C2)c(C(C)C)c1. The van der Waals surface area contributed by atoms with E-state index in [2.05, 4.69) is 37.4 Å². The third-order valence-electron chi connectivity index (χ3n) is 3.53. The first-order valence-electron chi connectivity index (χ1n) is 7.73. The van der Waals surface area contributed by atoms with E-state index >= 15 is 0 Å². The first kappa shape index (κ1) is 16.7. The molecule has 1 aliphatic rings. The molecule has 0 unspecified atom stereocenters. The highest BCUT2D eigenvalue weighted by Gasteiger charge is 2.11. The highest BCUT2D eigenvalue weighted by atomic mass is 16.5. The normalized spacial score (nSPS) is 14.2. The summed E-state index contributed by atoms with van der Waals surface area (Å²) < 4.78 is 11.0. The lowest BCUT2D eigenvalue weighted by atomic mass is 10.0. The molecular formula is C19H22N2O2. The van der Waals surface area contributed by atoms with Crippen LogP contribution in [0, 0.1) is 11.3 Å². The van der Waals surface area contributed by atoms with E-state index in [9.17, 15) is 5.26 Å². The Kier molecular flexibility index (Phi) is 5.87. The highest BCUT2D eigenvalue weighted by molar-refractivity contribution is 5.43. The number of allylic oxidation sites excluding steroid dienone is 4. The van der Waals surface area contributed by atoms with Gasteiger partial charge in [0.15, 0.2) is 0 Å². The largest absolute Gasteiger partial charge is 0.497 e. The van der Waals surface area contributed by atoms with E-state index in [0.717, 1.165) is 29.9 Å². The summed E-state index contributed by atoms with van der Waals surface area (Å²) in [5.74, 6) is 1.93. The Morgan fingerprint density at radius 1 is 1.35 bits per heavy atom. The number of hydrogen-bond donors (Lipinski definition) is 1. The summed E-state index contributed by atoms with van der Waals surface area (Å²) in [5.41, 5.74) is 1.98. The number of ether oxygens (including phenoxy) is 2. The Labute approximate surface area is 137 Å². The van der Waals surface area contributed by atoms with Gasteiger partial charge in [0.05, 0.1) is 13.3 Å². The fraction of sp³-hybridized carbons (Fsp3) is 0.316. The molecule has 1 N–H and O–H groups in total. The molecule has 0 aliphatic heterocycles. The number of methoxy groups -OCH3 is 1. The lowest BCUT2D eigenvalue weighted by Gasteiger charge is -2.15. The Morgan fingerprint density at radius 2 is 2.17 bits per heavy atom. The molecule has 2 rings (SSSR count). The Hall–Kier alpha value is -2.67. The Morgan fingerprint density at radius 3 is 2.78 bits per heavy atom. The summed E-state index contributed by atoms with van der Waals surface area (Å²) in [7, 11) is 1.63. The van der Waals surface area contributed by atoms with Crippen LogP contribution >= 0.6 is 0 Å². The van der Waals surface area contributed by atoms with Crippen LogP contribution in [-0.2, 0) is 0 Å². The van der Waals surface area contributed by atoms with Crippen LogP contribution in [-0.4, -0.2) is 7.11 Å². The predicted octanol–water partition coefficient (Wildman–Crippen LogP) is 4.39. The highest BCUT2D eigenvalue weighted by Crippen LogP contribution is 2.31. The number of benzene rings is 1. The molecule has 4 nitrogen and oxygen atoms in total. The smallest absolute Gasteiger partial charge is 0.219 e. The van der Waals surface area contributed by atoms with E-state index in [1.54, 1.807) is 13.3 Å². The predicted molar refractivity (Wildman–Crippen MR) is 91.0 cm³/mol. The second kappa shape index (κ2) is 8.09. The maximum Gasteiger partial charge on any atom is 0.219 e. The molecule has 4 heteroatoms. The van der Waals surface area contributed by atoms with Crippen molar-refractivity contribution in [3.8, 4) is 17.6 Å². The zero-order chi connectivity index (χ0) is 16.7. The van der Waals surface area contributed by atoms with Gasteiger partial charge < -0.3 is 14.8 Å². The van der Waals surface area contributed by atoms with Crippen LogP contribution in [0.1, 0.15) is 38.2 Å². The molecule has 0 heterocycles. The molecule has 1 aromatic rings. The molecule has 0 saturated carbocycles. The molecule has 1 aromatic carbocycles. The molecule has 0 radical (unpaired) electrons. The molecule has 0 bridgehead atoms. The second-order valence-electron chi connectivity index (χ2n) is 5.56. The number of hydrogen-bond acceptors (Lipinski definition) is 4. The van der Waals surface area contributed by atoms with Gasteiger partial charge in [-0.2, -0.15) is 5.26 Å². The minimum absolute atomic E-state index is 0.219. The Bertz CT molecular complexity index is 679. The first-order valence-corrected chi connectivity index (χ1v) is 7.73. The molecular weight excluding hydrogens is 288 g/mol. The van der Waals surface area contributed by atoms with Crippen molar-refractivity contribution in [2.24, 2.45) is 0 Å². The van der Waals surface area contributed by atoms with Crippen molar-refractivity contribution in [1.29, 1.82) is 5.26 Å². The minimum Gasteiger partial charge on any atom is -0.497 e. The molecule has 1 aliphatic carbocycles.